The standard InChI is InChI=1S/C16H15ClN2O2/c17-13-6-7-14-11(9-13)5-8-15(14)18-10-12-3-1-2-4-16(12)19(20)21/h1-4,6-7,9,15,18H,5,8,10H2. The van der Waals surface area contributed by atoms with Crippen molar-refractivity contribution in [2.75, 3.05) is 0 Å². The maximum Gasteiger partial charge on any atom is 0.273 e. The van der Waals surface area contributed by atoms with E-state index in [1.54, 1.807) is 18.2 Å². The highest BCUT2D eigenvalue weighted by molar-refractivity contribution is 6.30. The number of halogens is 1. The molecule has 2 aromatic carbocycles. The molecule has 0 radical (unpaired) electrons. The van der Waals surface area contributed by atoms with E-state index >= 15 is 0 Å². The number of para-hydroxylation sites is 1. The van der Waals surface area contributed by atoms with Crippen LogP contribution in [-0.2, 0) is 13.0 Å². The number of nitrogens with zero attached hydrogens (tertiary/aromatic N) is 1. The number of fused-ring (bicyclic) bond motifs is 1. The minimum absolute atomic E-state index is 0.166. The topological polar surface area (TPSA) is 55.2 Å². The van der Waals surface area contributed by atoms with Crippen LogP contribution in [0.25, 0.3) is 0 Å². The van der Waals surface area contributed by atoms with Gasteiger partial charge >= 0.3 is 0 Å². The quantitative estimate of drug-likeness (QED) is 0.685. The van der Waals surface area contributed by atoms with Gasteiger partial charge in [-0.05, 0) is 36.1 Å². The molecule has 0 bridgehead atoms. The summed E-state index contributed by atoms with van der Waals surface area (Å²) in [6.07, 6.45) is 1.99. The summed E-state index contributed by atoms with van der Waals surface area (Å²) in [6.45, 7) is 0.490. The van der Waals surface area contributed by atoms with Gasteiger partial charge in [-0.15, -0.1) is 0 Å². The van der Waals surface area contributed by atoms with Crippen molar-refractivity contribution in [2.24, 2.45) is 0 Å². The number of aryl methyl sites for hydroxylation is 1. The minimum atomic E-state index is -0.334. The lowest BCUT2D eigenvalue weighted by molar-refractivity contribution is -0.385. The van der Waals surface area contributed by atoms with Crippen LogP contribution in [0, 0.1) is 10.1 Å². The lowest BCUT2D eigenvalue weighted by Gasteiger charge is -2.14. The Morgan fingerprint density at radius 1 is 1.29 bits per heavy atom. The molecule has 2 aromatic rings. The predicted molar refractivity (Wildman–Crippen MR) is 82.5 cm³/mol. The number of nitrogens with one attached hydrogen (secondary N) is 1. The van der Waals surface area contributed by atoms with E-state index in [2.05, 4.69) is 5.32 Å². The van der Waals surface area contributed by atoms with Crippen LogP contribution in [0.15, 0.2) is 42.5 Å². The minimum Gasteiger partial charge on any atom is -0.306 e. The zero-order chi connectivity index (χ0) is 14.8. The van der Waals surface area contributed by atoms with Crippen molar-refractivity contribution in [1.82, 2.24) is 5.32 Å². The van der Waals surface area contributed by atoms with Crippen LogP contribution in [0.4, 0.5) is 5.69 Å². The van der Waals surface area contributed by atoms with Crippen molar-refractivity contribution in [1.29, 1.82) is 0 Å². The van der Waals surface area contributed by atoms with Gasteiger partial charge in [-0.25, -0.2) is 0 Å². The zero-order valence-electron chi connectivity index (χ0n) is 11.4. The van der Waals surface area contributed by atoms with Crippen molar-refractivity contribution < 1.29 is 4.92 Å². The van der Waals surface area contributed by atoms with Crippen LogP contribution in [0.2, 0.25) is 5.02 Å². The van der Waals surface area contributed by atoms with E-state index in [1.165, 1.54) is 11.1 Å². The van der Waals surface area contributed by atoms with Crippen LogP contribution < -0.4 is 5.32 Å². The summed E-state index contributed by atoms with van der Waals surface area (Å²) in [4.78, 5) is 10.7. The molecule has 0 saturated carbocycles. The highest BCUT2D eigenvalue weighted by atomic mass is 35.5. The number of benzene rings is 2. The van der Waals surface area contributed by atoms with Crippen molar-refractivity contribution in [2.45, 2.75) is 25.4 Å². The van der Waals surface area contributed by atoms with E-state index in [1.807, 2.05) is 24.3 Å². The molecule has 21 heavy (non-hydrogen) atoms. The van der Waals surface area contributed by atoms with Crippen molar-refractivity contribution in [3.63, 3.8) is 0 Å². The fraction of sp³-hybridized carbons (Fsp3) is 0.250. The lowest BCUT2D eigenvalue weighted by Crippen LogP contribution is -2.19. The van der Waals surface area contributed by atoms with Gasteiger partial charge in [0.2, 0.25) is 0 Å². The van der Waals surface area contributed by atoms with Gasteiger partial charge in [-0.1, -0.05) is 35.9 Å². The first kappa shape index (κ1) is 14.0. The average Bonchev–Trinajstić information content (AvgIpc) is 2.87. The Hall–Kier alpha value is -1.91. The third-order valence-corrected chi connectivity index (χ3v) is 4.15. The molecule has 0 aliphatic heterocycles. The van der Waals surface area contributed by atoms with Gasteiger partial charge < -0.3 is 5.32 Å². The van der Waals surface area contributed by atoms with E-state index in [0.717, 1.165) is 17.9 Å². The van der Waals surface area contributed by atoms with Gasteiger partial charge in [0.05, 0.1) is 4.92 Å². The lowest BCUT2D eigenvalue weighted by atomic mass is 10.1. The Labute approximate surface area is 127 Å². The van der Waals surface area contributed by atoms with Crippen molar-refractivity contribution in [3.05, 3.63) is 74.3 Å². The Balaban J connectivity index is 1.75. The Morgan fingerprint density at radius 3 is 2.90 bits per heavy atom. The molecule has 1 N–H and O–H groups in total. The predicted octanol–water partition coefficient (Wildman–Crippen LogP) is 4.03. The van der Waals surface area contributed by atoms with E-state index in [4.69, 9.17) is 11.6 Å². The molecule has 1 unspecified atom stereocenters. The molecule has 108 valence electrons. The van der Waals surface area contributed by atoms with Crippen molar-refractivity contribution in [3.8, 4) is 0 Å². The summed E-state index contributed by atoms with van der Waals surface area (Å²) in [5.41, 5.74) is 3.39. The monoisotopic (exact) mass is 302 g/mol. The average molecular weight is 303 g/mol. The van der Waals surface area contributed by atoms with E-state index in [0.29, 0.717) is 12.1 Å². The molecule has 1 aliphatic rings. The Bertz CT molecular complexity index is 688. The number of hydrogen-bond acceptors (Lipinski definition) is 3. The molecule has 0 amide bonds. The summed E-state index contributed by atoms with van der Waals surface area (Å²) < 4.78 is 0. The molecule has 0 heterocycles. The first-order valence-corrected chi connectivity index (χ1v) is 7.27. The fourth-order valence-electron chi connectivity index (χ4n) is 2.87. The molecular formula is C16H15ClN2O2. The second-order valence-corrected chi connectivity index (χ2v) is 5.64. The van der Waals surface area contributed by atoms with Gasteiger partial charge in [0.1, 0.15) is 0 Å². The molecule has 0 fully saturated rings. The normalized spacial score (nSPS) is 16.7. The van der Waals surface area contributed by atoms with Gasteiger partial charge in [0, 0.05) is 29.2 Å². The van der Waals surface area contributed by atoms with E-state index < -0.39 is 0 Å². The van der Waals surface area contributed by atoms with Crippen LogP contribution in [0.5, 0.6) is 0 Å². The maximum absolute atomic E-state index is 11.0. The smallest absolute Gasteiger partial charge is 0.273 e. The summed E-state index contributed by atoms with van der Waals surface area (Å²) in [6, 6.07) is 13.0. The summed E-state index contributed by atoms with van der Waals surface area (Å²) in [5, 5.41) is 15.2. The number of nitro groups is 1. The third-order valence-electron chi connectivity index (χ3n) is 3.91. The highest BCUT2D eigenvalue weighted by Crippen LogP contribution is 2.33. The molecule has 5 heteroatoms. The van der Waals surface area contributed by atoms with Crippen LogP contribution in [0.1, 0.15) is 29.2 Å². The first-order valence-electron chi connectivity index (χ1n) is 6.89. The first-order chi connectivity index (χ1) is 10.1. The molecule has 0 spiro atoms. The van der Waals surface area contributed by atoms with Crippen LogP contribution >= 0.6 is 11.6 Å². The van der Waals surface area contributed by atoms with Crippen LogP contribution in [-0.4, -0.2) is 4.92 Å². The van der Waals surface area contributed by atoms with Crippen LogP contribution in [0.3, 0.4) is 0 Å². The maximum atomic E-state index is 11.0. The van der Waals surface area contributed by atoms with Crippen molar-refractivity contribution >= 4 is 17.3 Å². The number of nitro benzene ring substituents is 1. The Kier molecular flexibility index (Phi) is 3.90. The number of hydrogen-bond donors (Lipinski definition) is 1. The van der Waals surface area contributed by atoms with Gasteiger partial charge in [0.25, 0.3) is 5.69 Å². The van der Waals surface area contributed by atoms with E-state index in [9.17, 15) is 10.1 Å². The molecule has 1 atom stereocenters. The summed E-state index contributed by atoms with van der Waals surface area (Å²) >= 11 is 6.00. The van der Waals surface area contributed by atoms with Gasteiger partial charge in [-0.3, -0.25) is 10.1 Å². The number of rotatable bonds is 4. The molecule has 1 aliphatic carbocycles. The molecule has 4 nitrogen and oxygen atoms in total. The molecule has 0 saturated heterocycles. The fourth-order valence-corrected chi connectivity index (χ4v) is 3.06. The SMILES string of the molecule is O=[N+]([O-])c1ccccc1CNC1CCc2cc(Cl)ccc21. The van der Waals surface area contributed by atoms with E-state index in [-0.39, 0.29) is 16.7 Å². The third kappa shape index (κ3) is 2.91. The Morgan fingerprint density at radius 2 is 2.10 bits per heavy atom. The zero-order valence-corrected chi connectivity index (χ0v) is 12.1. The molecule has 3 rings (SSSR count). The second-order valence-electron chi connectivity index (χ2n) is 5.20. The van der Waals surface area contributed by atoms with Gasteiger partial charge in [-0.2, -0.15) is 0 Å². The summed E-state index contributed by atoms with van der Waals surface area (Å²) in [7, 11) is 0. The van der Waals surface area contributed by atoms with Gasteiger partial charge in [0.15, 0.2) is 0 Å². The molecular weight excluding hydrogens is 288 g/mol. The molecule has 0 aromatic heterocycles. The second kappa shape index (κ2) is 5.84. The largest absolute Gasteiger partial charge is 0.306 e. The summed E-state index contributed by atoms with van der Waals surface area (Å²) in [5.74, 6) is 0. The highest BCUT2D eigenvalue weighted by Gasteiger charge is 2.23.